The third kappa shape index (κ3) is 2.78. The van der Waals surface area contributed by atoms with Gasteiger partial charge in [-0.15, -0.1) is 11.8 Å². The second kappa shape index (κ2) is 5.56. The van der Waals surface area contributed by atoms with Crippen LogP contribution in [0.4, 0.5) is 0 Å². The molecule has 4 unspecified atom stereocenters. The van der Waals surface area contributed by atoms with Gasteiger partial charge in [-0.2, -0.15) is 0 Å². The van der Waals surface area contributed by atoms with Gasteiger partial charge >= 0.3 is 0 Å². The van der Waals surface area contributed by atoms with E-state index in [-0.39, 0.29) is 0 Å². The number of hydrogen-bond donors (Lipinski definition) is 1. The molecule has 0 spiro atoms. The topological polar surface area (TPSA) is 26.0 Å². The van der Waals surface area contributed by atoms with Gasteiger partial charge in [0.25, 0.3) is 0 Å². The summed E-state index contributed by atoms with van der Waals surface area (Å²) in [5, 5.41) is 0. The third-order valence-corrected chi connectivity index (χ3v) is 6.28. The highest BCUT2D eigenvalue weighted by atomic mass is 79.9. The van der Waals surface area contributed by atoms with Crippen LogP contribution < -0.4 is 5.73 Å². The Morgan fingerprint density at radius 3 is 2.61 bits per heavy atom. The molecule has 3 heteroatoms. The van der Waals surface area contributed by atoms with Crippen LogP contribution in [0, 0.1) is 17.8 Å². The summed E-state index contributed by atoms with van der Waals surface area (Å²) in [6.07, 6.45) is 5.76. The van der Waals surface area contributed by atoms with E-state index in [9.17, 15) is 0 Å². The molecule has 2 bridgehead atoms. The molecule has 0 amide bonds. The first-order valence-electron chi connectivity index (χ1n) is 6.86. The minimum absolute atomic E-state index is 0.383. The molecule has 0 aromatic heterocycles. The monoisotopic (exact) mass is 325 g/mol. The van der Waals surface area contributed by atoms with E-state index in [1.54, 1.807) is 0 Å². The van der Waals surface area contributed by atoms with Crippen LogP contribution in [0.1, 0.15) is 25.7 Å². The smallest absolute Gasteiger partial charge is 0.0176 e. The number of benzene rings is 1. The Hall–Kier alpha value is 0.01000. The quantitative estimate of drug-likeness (QED) is 0.835. The first kappa shape index (κ1) is 13.0. The third-order valence-electron chi connectivity index (χ3n) is 4.60. The van der Waals surface area contributed by atoms with Gasteiger partial charge in [0.05, 0.1) is 0 Å². The first-order chi connectivity index (χ1) is 8.72. The molecule has 2 N–H and O–H groups in total. The Morgan fingerprint density at radius 1 is 1.22 bits per heavy atom. The summed E-state index contributed by atoms with van der Waals surface area (Å²) in [6, 6.07) is 8.93. The summed E-state index contributed by atoms with van der Waals surface area (Å²) in [4.78, 5) is 1.33. The standard InChI is InChI=1S/C15H20BrNS/c16-12-3-5-13(6-4-12)18-9-15(17)14-8-10-1-2-11(14)7-10/h3-6,10-11,14-15H,1-2,7-9,17H2. The van der Waals surface area contributed by atoms with Crippen molar-refractivity contribution in [2.45, 2.75) is 36.6 Å². The van der Waals surface area contributed by atoms with Gasteiger partial charge in [0.1, 0.15) is 0 Å². The molecule has 2 aliphatic rings. The van der Waals surface area contributed by atoms with Crippen LogP contribution in [0.25, 0.3) is 0 Å². The Bertz CT molecular complexity index is 405. The highest BCUT2D eigenvalue weighted by molar-refractivity contribution is 9.10. The van der Waals surface area contributed by atoms with E-state index in [0.717, 1.165) is 28.0 Å². The Labute approximate surface area is 122 Å². The van der Waals surface area contributed by atoms with Crippen molar-refractivity contribution in [3.8, 4) is 0 Å². The van der Waals surface area contributed by atoms with Crippen LogP contribution in [-0.4, -0.2) is 11.8 Å². The lowest BCUT2D eigenvalue weighted by atomic mass is 9.84. The van der Waals surface area contributed by atoms with Crippen LogP contribution in [0.3, 0.4) is 0 Å². The molecule has 1 aromatic rings. The first-order valence-corrected chi connectivity index (χ1v) is 8.64. The van der Waals surface area contributed by atoms with Crippen molar-refractivity contribution >= 4 is 27.7 Å². The molecule has 2 aliphatic carbocycles. The van der Waals surface area contributed by atoms with Crippen LogP contribution in [0.15, 0.2) is 33.6 Å². The number of halogens is 1. The number of hydrogen-bond acceptors (Lipinski definition) is 2. The predicted octanol–water partition coefficient (Wildman–Crippen LogP) is 4.30. The molecule has 2 saturated carbocycles. The molecular formula is C15H20BrNS. The normalized spacial score (nSPS) is 31.8. The number of fused-ring (bicyclic) bond motifs is 2. The van der Waals surface area contributed by atoms with Gasteiger partial charge in [-0.1, -0.05) is 22.4 Å². The zero-order valence-electron chi connectivity index (χ0n) is 10.5. The molecule has 1 nitrogen and oxygen atoms in total. The maximum Gasteiger partial charge on any atom is 0.0176 e. The highest BCUT2D eigenvalue weighted by Gasteiger charge is 2.41. The van der Waals surface area contributed by atoms with Gasteiger partial charge in [0, 0.05) is 21.2 Å². The van der Waals surface area contributed by atoms with E-state index in [1.807, 2.05) is 11.8 Å². The molecule has 2 fully saturated rings. The average molecular weight is 326 g/mol. The number of thioether (sulfide) groups is 1. The fourth-order valence-electron chi connectivity index (χ4n) is 3.67. The summed E-state index contributed by atoms with van der Waals surface area (Å²) in [5.41, 5.74) is 6.41. The van der Waals surface area contributed by atoms with Crippen molar-refractivity contribution in [2.75, 3.05) is 5.75 Å². The van der Waals surface area contributed by atoms with Gasteiger partial charge in [-0.05, 0) is 61.3 Å². The van der Waals surface area contributed by atoms with Crippen molar-refractivity contribution in [3.05, 3.63) is 28.7 Å². The zero-order chi connectivity index (χ0) is 12.5. The maximum absolute atomic E-state index is 6.41. The van der Waals surface area contributed by atoms with E-state index in [4.69, 9.17) is 5.73 Å². The summed E-state index contributed by atoms with van der Waals surface area (Å²) in [7, 11) is 0. The average Bonchev–Trinajstić information content (AvgIpc) is 3.00. The lowest BCUT2D eigenvalue weighted by Gasteiger charge is -2.27. The van der Waals surface area contributed by atoms with Crippen LogP contribution >= 0.6 is 27.7 Å². The van der Waals surface area contributed by atoms with Crippen LogP contribution in [0.2, 0.25) is 0 Å². The summed E-state index contributed by atoms with van der Waals surface area (Å²) in [5.74, 6) is 3.81. The molecule has 0 aliphatic heterocycles. The zero-order valence-corrected chi connectivity index (χ0v) is 12.9. The van der Waals surface area contributed by atoms with Gasteiger partial charge in [0.15, 0.2) is 0 Å². The van der Waals surface area contributed by atoms with E-state index in [1.165, 1.54) is 30.6 Å². The molecule has 1 aromatic carbocycles. The molecule has 0 radical (unpaired) electrons. The predicted molar refractivity (Wildman–Crippen MR) is 81.8 cm³/mol. The van der Waals surface area contributed by atoms with E-state index in [2.05, 4.69) is 40.2 Å². The highest BCUT2D eigenvalue weighted by Crippen LogP contribution is 2.49. The second-order valence-corrected chi connectivity index (χ2v) is 7.78. The van der Waals surface area contributed by atoms with E-state index in [0.29, 0.717) is 6.04 Å². The van der Waals surface area contributed by atoms with Crippen molar-refractivity contribution in [1.29, 1.82) is 0 Å². The maximum atomic E-state index is 6.41. The van der Waals surface area contributed by atoms with Gasteiger partial charge in [-0.3, -0.25) is 0 Å². The SMILES string of the molecule is NC(CSc1ccc(Br)cc1)C1CC2CCC1C2. The van der Waals surface area contributed by atoms with Gasteiger partial charge in [-0.25, -0.2) is 0 Å². The largest absolute Gasteiger partial charge is 0.327 e. The molecular weight excluding hydrogens is 306 g/mol. The van der Waals surface area contributed by atoms with Crippen LogP contribution in [0.5, 0.6) is 0 Å². The Morgan fingerprint density at radius 2 is 2.00 bits per heavy atom. The number of nitrogens with two attached hydrogens (primary N) is 1. The number of rotatable bonds is 4. The minimum atomic E-state index is 0.383. The minimum Gasteiger partial charge on any atom is -0.327 e. The second-order valence-electron chi connectivity index (χ2n) is 5.77. The Kier molecular flexibility index (Phi) is 4.02. The van der Waals surface area contributed by atoms with E-state index < -0.39 is 0 Å². The van der Waals surface area contributed by atoms with Crippen LogP contribution in [-0.2, 0) is 0 Å². The fourth-order valence-corrected chi connectivity index (χ4v) is 4.89. The summed E-state index contributed by atoms with van der Waals surface area (Å²) >= 11 is 5.37. The van der Waals surface area contributed by atoms with Crippen molar-refractivity contribution < 1.29 is 0 Å². The van der Waals surface area contributed by atoms with Crippen molar-refractivity contribution in [3.63, 3.8) is 0 Å². The molecule has 18 heavy (non-hydrogen) atoms. The fraction of sp³-hybridized carbons (Fsp3) is 0.600. The molecule has 0 saturated heterocycles. The van der Waals surface area contributed by atoms with Crippen molar-refractivity contribution in [2.24, 2.45) is 23.5 Å². The molecule has 3 rings (SSSR count). The van der Waals surface area contributed by atoms with E-state index >= 15 is 0 Å². The lowest BCUT2D eigenvalue weighted by Crippen LogP contribution is -2.35. The van der Waals surface area contributed by atoms with Gasteiger partial charge < -0.3 is 5.73 Å². The summed E-state index contributed by atoms with van der Waals surface area (Å²) < 4.78 is 1.14. The molecule has 98 valence electrons. The Balaban J connectivity index is 1.52. The lowest BCUT2D eigenvalue weighted by molar-refractivity contribution is 0.295. The molecule has 0 heterocycles. The van der Waals surface area contributed by atoms with Crippen molar-refractivity contribution in [1.82, 2.24) is 0 Å². The van der Waals surface area contributed by atoms with Gasteiger partial charge in [0.2, 0.25) is 0 Å². The molecule has 4 atom stereocenters. The summed E-state index contributed by atoms with van der Waals surface area (Å²) in [6.45, 7) is 0.